The molecule has 1 aliphatic carbocycles. The summed E-state index contributed by atoms with van der Waals surface area (Å²) in [6.07, 6.45) is 6.92. The van der Waals surface area contributed by atoms with Gasteiger partial charge in [0.2, 0.25) is 0 Å². The highest BCUT2D eigenvalue weighted by molar-refractivity contribution is 8.01. The SMILES string of the molecule is CC(C)(Sc1ccncc1Cc1ccc(C2CC2)c2ccccc12)C(=O)O. The van der Waals surface area contributed by atoms with Gasteiger partial charge in [-0.3, -0.25) is 9.78 Å². The van der Waals surface area contributed by atoms with Crippen molar-refractivity contribution in [1.29, 1.82) is 0 Å². The van der Waals surface area contributed by atoms with E-state index in [1.807, 2.05) is 12.3 Å². The molecule has 1 fully saturated rings. The number of thioether (sulfide) groups is 1. The Hall–Kier alpha value is -2.33. The molecule has 0 saturated heterocycles. The van der Waals surface area contributed by atoms with Gasteiger partial charge in [0.25, 0.3) is 0 Å². The number of carboxylic acid groups (broad SMARTS) is 1. The van der Waals surface area contributed by atoms with Crippen LogP contribution in [0.25, 0.3) is 10.8 Å². The summed E-state index contributed by atoms with van der Waals surface area (Å²) in [4.78, 5) is 16.8. The lowest BCUT2D eigenvalue weighted by Gasteiger charge is -2.20. The maximum absolute atomic E-state index is 11.5. The first-order valence-corrected chi connectivity index (χ1v) is 10.1. The Morgan fingerprint density at radius 3 is 2.56 bits per heavy atom. The minimum Gasteiger partial charge on any atom is -0.480 e. The van der Waals surface area contributed by atoms with Crippen molar-refractivity contribution in [2.45, 2.75) is 48.7 Å². The van der Waals surface area contributed by atoms with Gasteiger partial charge in [-0.1, -0.05) is 36.4 Å². The average Bonchev–Trinajstić information content (AvgIpc) is 3.48. The molecule has 3 nitrogen and oxygen atoms in total. The van der Waals surface area contributed by atoms with Crippen molar-refractivity contribution in [2.75, 3.05) is 0 Å². The van der Waals surface area contributed by atoms with Crippen LogP contribution in [0.3, 0.4) is 0 Å². The molecule has 1 N–H and O–H groups in total. The molecule has 0 amide bonds. The van der Waals surface area contributed by atoms with Crippen molar-refractivity contribution in [2.24, 2.45) is 0 Å². The number of carboxylic acids is 1. The Morgan fingerprint density at radius 2 is 1.85 bits per heavy atom. The van der Waals surface area contributed by atoms with Crippen LogP contribution in [-0.2, 0) is 11.2 Å². The quantitative estimate of drug-likeness (QED) is 0.563. The Kier molecular flexibility index (Phi) is 4.68. The molecular weight excluding hydrogens is 354 g/mol. The number of aromatic nitrogens is 1. The van der Waals surface area contributed by atoms with Gasteiger partial charge < -0.3 is 5.11 Å². The summed E-state index contributed by atoms with van der Waals surface area (Å²) in [5, 5.41) is 12.1. The Labute approximate surface area is 163 Å². The van der Waals surface area contributed by atoms with E-state index in [1.54, 1.807) is 20.0 Å². The molecule has 2 aromatic carbocycles. The second-order valence-electron chi connectivity index (χ2n) is 7.71. The second-order valence-corrected chi connectivity index (χ2v) is 9.38. The number of fused-ring (bicyclic) bond motifs is 1. The van der Waals surface area contributed by atoms with E-state index in [4.69, 9.17) is 0 Å². The lowest BCUT2D eigenvalue weighted by Crippen LogP contribution is -2.27. The fourth-order valence-corrected chi connectivity index (χ4v) is 4.48. The topological polar surface area (TPSA) is 50.2 Å². The smallest absolute Gasteiger partial charge is 0.319 e. The van der Waals surface area contributed by atoms with Gasteiger partial charge in [-0.25, -0.2) is 0 Å². The summed E-state index contributed by atoms with van der Waals surface area (Å²) in [5.41, 5.74) is 3.79. The summed E-state index contributed by atoms with van der Waals surface area (Å²) in [7, 11) is 0. The van der Waals surface area contributed by atoms with Crippen molar-refractivity contribution in [3.05, 3.63) is 71.5 Å². The zero-order valence-electron chi connectivity index (χ0n) is 15.6. The number of carbonyl (C=O) groups is 1. The molecule has 0 spiro atoms. The molecule has 138 valence electrons. The minimum atomic E-state index is -0.881. The van der Waals surface area contributed by atoms with E-state index in [1.165, 1.54) is 46.5 Å². The Bertz CT molecular complexity index is 1010. The lowest BCUT2D eigenvalue weighted by atomic mass is 9.94. The molecule has 1 aromatic heterocycles. The lowest BCUT2D eigenvalue weighted by molar-refractivity contribution is -0.138. The van der Waals surface area contributed by atoms with Crippen molar-refractivity contribution < 1.29 is 9.90 Å². The zero-order valence-corrected chi connectivity index (χ0v) is 16.4. The number of nitrogens with zero attached hydrogens (tertiary/aromatic N) is 1. The van der Waals surface area contributed by atoms with E-state index in [2.05, 4.69) is 41.4 Å². The third-order valence-electron chi connectivity index (χ3n) is 5.19. The standard InChI is InChI=1S/C23H23NO2S/c1-23(2,22(25)26)27-21-11-12-24-14-17(21)13-16-9-10-19(15-7-8-15)20-6-4-3-5-18(16)20/h3-6,9-12,14-15H,7-8,13H2,1-2H3,(H,25,26). The third kappa shape index (κ3) is 3.72. The molecule has 1 heterocycles. The number of hydrogen-bond donors (Lipinski definition) is 1. The van der Waals surface area contributed by atoms with Crippen LogP contribution in [0.15, 0.2) is 59.8 Å². The van der Waals surface area contributed by atoms with Gasteiger partial charge in [0.15, 0.2) is 0 Å². The normalized spacial score (nSPS) is 14.4. The van der Waals surface area contributed by atoms with Gasteiger partial charge in [-0.2, -0.15) is 0 Å². The van der Waals surface area contributed by atoms with E-state index in [-0.39, 0.29) is 0 Å². The van der Waals surface area contributed by atoms with E-state index in [0.717, 1.165) is 16.9 Å². The van der Waals surface area contributed by atoms with Crippen molar-refractivity contribution in [1.82, 2.24) is 4.98 Å². The minimum absolute atomic E-state index is 0.713. The van der Waals surface area contributed by atoms with Crippen LogP contribution in [0.5, 0.6) is 0 Å². The predicted octanol–water partition coefficient (Wildman–Crippen LogP) is 5.66. The summed E-state index contributed by atoms with van der Waals surface area (Å²) < 4.78 is -0.881. The molecule has 0 bridgehead atoms. The maximum Gasteiger partial charge on any atom is 0.319 e. The fourth-order valence-electron chi connectivity index (χ4n) is 3.46. The maximum atomic E-state index is 11.5. The molecule has 0 atom stereocenters. The molecule has 27 heavy (non-hydrogen) atoms. The number of benzene rings is 2. The van der Waals surface area contributed by atoms with Crippen LogP contribution >= 0.6 is 11.8 Å². The Balaban J connectivity index is 1.71. The van der Waals surface area contributed by atoms with Gasteiger partial charge in [0.05, 0.1) is 0 Å². The summed E-state index contributed by atoms with van der Waals surface area (Å²) in [5.74, 6) is -0.0978. The van der Waals surface area contributed by atoms with E-state index >= 15 is 0 Å². The first-order valence-electron chi connectivity index (χ1n) is 9.31. The van der Waals surface area contributed by atoms with Crippen LogP contribution in [0.1, 0.15) is 49.3 Å². The van der Waals surface area contributed by atoms with Gasteiger partial charge in [0.1, 0.15) is 4.75 Å². The summed E-state index contributed by atoms with van der Waals surface area (Å²) in [6.45, 7) is 3.48. The number of rotatable bonds is 6. The molecule has 3 aromatic rings. The number of aliphatic carboxylic acids is 1. The number of hydrogen-bond acceptors (Lipinski definition) is 3. The first-order chi connectivity index (χ1) is 13.0. The average molecular weight is 378 g/mol. The molecule has 0 unspecified atom stereocenters. The summed E-state index contributed by atoms with van der Waals surface area (Å²) >= 11 is 1.38. The van der Waals surface area contributed by atoms with Crippen LogP contribution in [0.4, 0.5) is 0 Å². The highest BCUT2D eigenvalue weighted by Gasteiger charge is 2.29. The van der Waals surface area contributed by atoms with E-state index in [9.17, 15) is 9.90 Å². The fraction of sp³-hybridized carbons (Fsp3) is 0.304. The third-order valence-corrected chi connectivity index (χ3v) is 6.49. The van der Waals surface area contributed by atoms with Gasteiger partial charge in [-0.15, -0.1) is 11.8 Å². The molecule has 4 rings (SSSR count). The van der Waals surface area contributed by atoms with E-state index < -0.39 is 10.7 Å². The second kappa shape index (κ2) is 7.01. The summed E-state index contributed by atoms with van der Waals surface area (Å²) in [6, 6.07) is 15.1. The zero-order chi connectivity index (χ0) is 19.0. The first kappa shape index (κ1) is 18.1. The molecule has 0 aliphatic heterocycles. The highest BCUT2D eigenvalue weighted by Crippen LogP contribution is 2.44. The highest BCUT2D eigenvalue weighted by atomic mass is 32.2. The molecule has 4 heteroatoms. The van der Waals surface area contributed by atoms with Gasteiger partial charge in [-0.05, 0) is 66.1 Å². The largest absolute Gasteiger partial charge is 0.480 e. The van der Waals surface area contributed by atoms with Crippen LogP contribution in [0, 0.1) is 0 Å². The van der Waals surface area contributed by atoms with Crippen LogP contribution in [-0.4, -0.2) is 20.8 Å². The van der Waals surface area contributed by atoms with Crippen molar-refractivity contribution in [3.8, 4) is 0 Å². The van der Waals surface area contributed by atoms with Crippen molar-refractivity contribution in [3.63, 3.8) is 0 Å². The van der Waals surface area contributed by atoms with Crippen LogP contribution < -0.4 is 0 Å². The molecule has 1 saturated carbocycles. The molecule has 0 radical (unpaired) electrons. The number of pyridine rings is 1. The monoisotopic (exact) mass is 377 g/mol. The Morgan fingerprint density at radius 1 is 1.11 bits per heavy atom. The van der Waals surface area contributed by atoms with E-state index in [0.29, 0.717) is 5.92 Å². The predicted molar refractivity (Wildman–Crippen MR) is 111 cm³/mol. The van der Waals surface area contributed by atoms with Gasteiger partial charge in [0, 0.05) is 23.7 Å². The van der Waals surface area contributed by atoms with Crippen molar-refractivity contribution >= 4 is 28.5 Å². The van der Waals surface area contributed by atoms with Crippen LogP contribution in [0.2, 0.25) is 0 Å². The molecule has 1 aliphatic rings. The van der Waals surface area contributed by atoms with Gasteiger partial charge >= 0.3 is 5.97 Å². The molecular formula is C23H23NO2S.